The van der Waals surface area contributed by atoms with Crippen molar-refractivity contribution in [3.8, 4) is 11.5 Å². The molecule has 0 unspecified atom stereocenters. The molecule has 0 radical (unpaired) electrons. The summed E-state index contributed by atoms with van der Waals surface area (Å²) in [5, 5.41) is 5.43. The SMILES string of the molecule is COc1ccc2c(Cl)c(C(=O)NC(=S)NNC(=O)COc3ccc4cc(Br)ccc4c3Br)sc2c1. The van der Waals surface area contributed by atoms with Gasteiger partial charge in [-0.3, -0.25) is 25.8 Å². The summed E-state index contributed by atoms with van der Waals surface area (Å²) in [6.07, 6.45) is 0. The zero-order chi connectivity index (χ0) is 25.1. The maximum Gasteiger partial charge on any atom is 0.276 e. The molecule has 3 N–H and O–H groups in total. The van der Waals surface area contributed by atoms with Crippen LogP contribution in [0.1, 0.15) is 9.67 Å². The summed E-state index contributed by atoms with van der Waals surface area (Å²) in [6.45, 7) is -0.270. The predicted octanol–water partition coefficient (Wildman–Crippen LogP) is 5.96. The van der Waals surface area contributed by atoms with Crippen LogP contribution in [0.15, 0.2) is 57.5 Å². The summed E-state index contributed by atoms with van der Waals surface area (Å²) < 4.78 is 13.3. The number of thiophene rings is 1. The monoisotopic (exact) mass is 655 g/mol. The highest BCUT2D eigenvalue weighted by atomic mass is 79.9. The van der Waals surface area contributed by atoms with Crippen LogP contribution in [0.2, 0.25) is 5.02 Å². The van der Waals surface area contributed by atoms with Gasteiger partial charge in [0.15, 0.2) is 11.7 Å². The van der Waals surface area contributed by atoms with Crippen LogP contribution in [-0.2, 0) is 4.79 Å². The van der Waals surface area contributed by atoms with Crippen LogP contribution in [0, 0.1) is 0 Å². The van der Waals surface area contributed by atoms with Gasteiger partial charge in [0.05, 0.1) is 16.6 Å². The van der Waals surface area contributed by atoms with Gasteiger partial charge in [-0.25, -0.2) is 0 Å². The molecule has 180 valence electrons. The van der Waals surface area contributed by atoms with Crippen molar-refractivity contribution in [2.24, 2.45) is 0 Å². The zero-order valence-electron chi connectivity index (χ0n) is 17.9. The largest absolute Gasteiger partial charge is 0.497 e. The van der Waals surface area contributed by atoms with E-state index in [0.29, 0.717) is 21.4 Å². The summed E-state index contributed by atoms with van der Waals surface area (Å²) in [5.74, 6) is 0.191. The van der Waals surface area contributed by atoms with Crippen molar-refractivity contribution in [3.63, 3.8) is 0 Å². The molecule has 0 aliphatic heterocycles. The smallest absolute Gasteiger partial charge is 0.276 e. The van der Waals surface area contributed by atoms with Crippen LogP contribution >= 0.6 is 67.0 Å². The first-order valence-corrected chi connectivity index (χ1v) is 13.1. The lowest BCUT2D eigenvalue weighted by Crippen LogP contribution is -2.49. The van der Waals surface area contributed by atoms with Gasteiger partial charge in [0, 0.05) is 14.6 Å². The van der Waals surface area contributed by atoms with E-state index in [1.807, 2.05) is 24.3 Å². The van der Waals surface area contributed by atoms with Gasteiger partial charge in [-0.1, -0.05) is 39.7 Å². The number of carbonyl (C=O) groups excluding carboxylic acids is 2. The quantitative estimate of drug-likeness (QED) is 0.182. The van der Waals surface area contributed by atoms with Crippen LogP contribution in [-0.4, -0.2) is 30.6 Å². The normalized spacial score (nSPS) is 10.7. The molecule has 0 aliphatic carbocycles. The zero-order valence-corrected chi connectivity index (χ0v) is 23.5. The Morgan fingerprint density at radius 3 is 2.60 bits per heavy atom. The third-order valence-electron chi connectivity index (χ3n) is 4.82. The van der Waals surface area contributed by atoms with Crippen LogP contribution in [0.25, 0.3) is 20.9 Å². The number of hydrogen-bond acceptors (Lipinski definition) is 6. The highest BCUT2D eigenvalue weighted by molar-refractivity contribution is 9.11. The van der Waals surface area contributed by atoms with Gasteiger partial charge in [0.1, 0.15) is 16.4 Å². The first kappa shape index (κ1) is 25.6. The van der Waals surface area contributed by atoms with E-state index in [4.69, 9.17) is 33.3 Å². The molecule has 1 aromatic heterocycles. The lowest BCUT2D eigenvalue weighted by atomic mass is 10.1. The molecule has 3 aromatic carbocycles. The number of halogens is 3. The minimum Gasteiger partial charge on any atom is -0.497 e. The minimum atomic E-state index is -0.495. The summed E-state index contributed by atoms with van der Waals surface area (Å²) in [6, 6.07) is 14.9. The Labute approximate surface area is 231 Å². The summed E-state index contributed by atoms with van der Waals surface area (Å²) in [7, 11) is 1.56. The third-order valence-corrected chi connectivity index (χ3v) is 8.00. The number of rotatable bonds is 5. The molecule has 0 aliphatic rings. The Morgan fingerprint density at radius 1 is 1.06 bits per heavy atom. The van der Waals surface area contributed by atoms with Crippen LogP contribution in [0.5, 0.6) is 11.5 Å². The number of fused-ring (bicyclic) bond motifs is 2. The standard InChI is InChI=1S/C23H16Br2ClN3O4S2/c1-32-13-4-6-15-17(9-13)35-21(20(15)26)22(31)27-23(34)29-28-18(30)10-33-16-7-2-11-8-12(24)3-5-14(11)19(16)25/h2-9H,10H2,1H3,(H,28,30)(H2,27,29,31,34). The third kappa shape index (κ3) is 5.87. The molecule has 0 spiro atoms. The van der Waals surface area contributed by atoms with Gasteiger partial charge >= 0.3 is 0 Å². The molecule has 0 atom stereocenters. The molecular weight excluding hydrogens is 642 g/mol. The highest BCUT2D eigenvalue weighted by Gasteiger charge is 2.19. The number of thiocarbonyl (C=S) groups is 1. The van der Waals surface area contributed by atoms with Crippen molar-refractivity contribution in [2.75, 3.05) is 13.7 Å². The van der Waals surface area contributed by atoms with E-state index >= 15 is 0 Å². The maximum atomic E-state index is 12.6. The molecule has 2 amide bonds. The molecule has 0 fully saturated rings. The number of amides is 2. The summed E-state index contributed by atoms with van der Waals surface area (Å²) >= 11 is 19.7. The van der Waals surface area contributed by atoms with E-state index in [-0.39, 0.29) is 11.7 Å². The van der Waals surface area contributed by atoms with E-state index in [2.05, 4.69) is 48.0 Å². The van der Waals surface area contributed by atoms with Crippen molar-refractivity contribution in [3.05, 3.63) is 67.4 Å². The number of methoxy groups -OCH3 is 1. The Morgan fingerprint density at radius 2 is 1.83 bits per heavy atom. The van der Waals surface area contributed by atoms with Gasteiger partial charge in [0.2, 0.25) is 0 Å². The minimum absolute atomic E-state index is 0.0908. The van der Waals surface area contributed by atoms with Crippen LogP contribution in [0.4, 0.5) is 0 Å². The van der Waals surface area contributed by atoms with Crippen molar-refractivity contribution < 1.29 is 19.1 Å². The molecule has 4 rings (SSSR count). The lowest BCUT2D eigenvalue weighted by Gasteiger charge is -2.12. The van der Waals surface area contributed by atoms with Gasteiger partial charge in [0.25, 0.3) is 11.8 Å². The van der Waals surface area contributed by atoms with E-state index < -0.39 is 11.8 Å². The van der Waals surface area contributed by atoms with E-state index in [9.17, 15) is 9.59 Å². The number of nitrogens with one attached hydrogen (secondary N) is 3. The summed E-state index contributed by atoms with van der Waals surface area (Å²) in [4.78, 5) is 25.1. The second kappa shape index (κ2) is 11.1. The van der Waals surface area contributed by atoms with Crippen molar-refractivity contribution in [1.29, 1.82) is 0 Å². The fourth-order valence-corrected chi connectivity index (χ4v) is 5.74. The number of benzene rings is 3. The average molecular weight is 658 g/mol. The van der Waals surface area contributed by atoms with E-state index in [0.717, 1.165) is 29.8 Å². The first-order chi connectivity index (χ1) is 16.8. The van der Waals surface area contributed by atoms with E-state index in [1.54, 1.807) is 31.4 Å². The molecule has 0 saturated heterocycles. The number of hydrogen-bond donors (Lipinski definition) is 3. The molecule has 12 heteroatoms. The fourth-order valence-electron chi connectivity index (χ4n) is 3.17. The van der Waals surface area contributed by atoms with Crippen molar-refractivity contribution in [1.82, 2.24) is 16.2 Å². The summed E-state index contributed by atoms with van der Waals surface area (Å²) in [5.41, 5.74) is 4.88. The maximum absolute atomic E-state index is 12.6. The van der Waals surface area contributed by atoms with Gasteiger partial charge in [-0.2, -0.15) is 0 Å². The second-order valence-corrected chi connectivity index (χ2v) is 10.6. The molecule has 1 heterocycles. The topological polar surface area (TPSA) is 88.7 Å². The molecule has 35 heavy (non-hydrogen) atoms. The Kier molecular flexibility index (Phi) is 8.12. The number of hydrazine groups is 1. The lowest BCUT2D eigenvalue weighted by molar-refractivity contribution is -0.123. The van der Waals surface area contributed by atoms with Crippen LogP contribution < -0.4 is 25.6 Å². The average Bonchev–Trinajstić information content (AvgIpc) is 3.18. The second-order valence-electron chi connectivity index (χ2n) is 7.10. The molecule has 0 bridgehead atoms. The predicted molar refractivity (Wildman–Crippen MR) is 150 cm³/mol. The molecular formula is C23H16Br2ClN3O4S2. The number of ether oxygens (including phenoxy) is 2. The van der Waals surface area contributed by atoms with Gasteiger partial charge in [-0.05, 0) is 75.3 Å². The van der Waals surface area contributed by atoms with Crippen LogP contribution in [0.3, 0.4) is 0 Å². The fraction of sp³-hybridized carbons (Fsp3) is 0.0870. The van der Waals surface area contributed by atoms with Gasteiger partial charge in [-0.15, -0.1) is 11.3 Å². The molecule has 7 nitrogen and oxygen atoms in total. The van der Waals surface area contributed by atoms with Gasteiger partial charge < -0.3 is 9.47 Å². The Balaban J connectivity index is 1.31. The molecule has 4 aromatic rings. The van der Waals surface area contributed by atoms with Crippen molar-refractivity contribution in [2.45, 2.75) is 0 Å². The van der Waals surface area contributed by atoms with E-state index in [1.165, 1.54) is 11.3 Å². The Hall–Kier alpha value is -2.44. The first-order valence-electron chi connectivity index (χ1n) is 9.93. The number of carbonyl (C=O) groups is 2. The molecule has 0 saturated carbocycles. The van der Waals surface area contributed by atoms with Crippen molar-refractivity contribution >= 4 is 105 Å². The highest BCUT2D eigenvalue weighted by Crippen LogP contribution is 2.37. The Bertz CT molecular complexity index is 1480.